The molecule has 1 fully saturated rings. The molecule has 4 rings (SSSR count). The Hall–Kier alpha value is -2.88. The molecule has 0 radical (unpaired) electrons. The van der Waals surface area contributed by atoms with Gasteiger partial charge in [-0.05, 0) is 38.7 Å². The zero-order valence-electron chi connectivity index (χ0n) is 17.8. The Morgan fingerprint density at radius 1 is 1.10 bits per heavy atom. The molecule has 0 spiro atoms. The lowest BCUT2D eigenvalue weighted by Crippen LogP contribution is -2.49. The van der Waals surface area contributed by atoms with Crippen molar-refractivity contribution in [3.05, 3.63) is 40.2 Å². The summed E-state index contributed by atoms with van der Waals surface area (Å²) in [6.45, 7) is 10.7. The van der Waals surface area contributed by atoms with Crippen LogP contribution in [0.4, 0.5) is 5.82 Å². The minimum atomic E-state index is 0.0390. The zero-order valence-corrected chi connectivity index (χ0v) is 18.6. The van der Waals surface area contributed by atoms with Crippen LogP contribution >= 0.6 is 11.5 Å². The van der Waals surface area contributed by atoms with Gasteiger partial charge in [-0.1, -0.05) is 17.8 Å². The van der Waals surface area contributed by atoms with Gasteiger partial charge in [0.05, 0.1) is 11.4 Å². The first kappa shape index (κ1) is 20.4. The maximum Gasteiger partial charge on any atom is 0.267 e. The molecule has 30 heavy (non-hydrogen) atoms. The molecule has 1 aliphatic heterocycles. The number of rotatable bonds is 5. The highest BCUT2D eigenvalue weighted by molar-refractivity contribution is 7.08. The van der Waals surface area contributed by atoms with Crippen molar-refractivity contribution in [3.63, 3.8) is 0 Å². The number of piperazine rings is 1. The molecule has 3 aromatic heterocycles. The van der Waals surface area contributed by atoms with Gasteiger partial charge in [0.1, 0.15) is 28.7 Å². The van der Waals surface area contributed by atoms with E-state index in [1.165, 1.54) is 11.5 Å². The van der Waals surface area contributed by atoms with Crippen molar-refractivity contribution >= 4 is 23.3 Å². The fourth-order valence-corrected chi connectivity index (χ4v) is 4.28. The van der Waals surface area contributed by atoms with Crippen LogP contribution in [-0.2, 0) is 6.42 Å². The predicted molar refractivity (Wildman–Crippen MR) is 115 cm³/mol. The number of hydrogen-bond donors (Lipinski definition) is 0. The summed E-state index contributed by atoms with van der Waals surface area (Å²) >= 11 is 1.20. The smallest absolute Gasteiger partial charge is 0.267 e. The van der Waals surface area contributed by atoms with Crippen molar-refractivity contribution in [1.29, 1.82) is 0 Å². The van der Waals surface area contributed by atoms with E-state index in [1.807, 2.05) is 36.3 Å². The number of hydrogen-bond acceptors (Lipinski definition) is 8. The average molecular weight is 427 g/mol. The van der Waals surface area contributed by atoms with Crippen molar-refractivity contribution in [2.24, 2.45) is 0 Å². The van der Waals surface area contributed by atoms with Crippen LogP contribution in [0.3, 0.4) is 0 Å². The van der Waals surface area contributed by atoms with Crippen LogP contribution in [0.2, 0.25) is 0 Å². The third-order valence-corrected chi connectivity index (χ3v) is 6.19. The Morgan fingerprint density at radius 2 is 1.83 bits per heavy atom. The molecule has 4 heterocycles. The average Bonchev–Trinajstić information content (AvgIpc) is 3.34. The van der Waals surface area contributed by atoms with E-state index in [-0.39, 0.29) is 5.91 Å². The van der Waals surface area contributed by atoms with Crippen molar-refractivity contribution in [2.75, 3.05) is 31.1 Å². The van der Waals surface area contributed by atoms with Crippen molar-refractivity contribution in [1.82, 2.24) is 34.0 Å². The Labute approximate surface area is 180 Å². The molecule has 158 valence electrons. The number of carbonyl (C=O) groups excluding carboxylic acids is 1. The third-order valence-electron chi connectivity index (χ3n) is 5.44. The third kappa shape index (κ3) is 3.91. The zero-order chi connectivity index (χ0) is 21.3. The molecule has 0 aromatic carbocycles. The normalized spacial score (nSPS) is 14.4. The predicted octanol–water partition coefficient (Wildman–Crippen LogP) is 2.35. The monoisotopic (exact) mass is 426 g/mol. The first-order valence-corrected chi connectivity index (χ1v) is 11.0. The van der Waals surface area contributed by atoms with Gasteiger partial charge in [-0.3, -0.25) is 9.36 Å². The summed E-state index contributed by atoms with van der Waals surface area (Å²) in [5.74, 6) is 2.44. The fraction of sp³-hybridized carbons (Fsp3) is 0.500. The van der Waals surface area contributed by atoms with Crippen molar-refractivity contribution in [2.45, 2.75) is 40.5 Å². The summed E-state index contributed by atoms with van der Waals surface area (Å²) in [6.07, 6.45) is 3.53. The Morgan fingerprint density at radius 3 is 2.50 bits per heavy atom. The number of amides is 1. The van der Waals surface area contributed by atoms with Crippen molar-refractivity contribution in [3.8, 4) is 5.82 Å². The minimum absolute atomic E-state index is 0.0390. The van der Waals surface area contributed by atoms with Gasteiger partial charge in [0.15, 0.2) is 0 Å². The molecule has 3 aromatic rings. The molecule has 0 bridgehead atoms. The molecule has 0 aliphatic carbocycles. The van der Waals surface area contributed by atoms with Crippen LogP contribution in [-0.4, -0.2) is 66.1 Å². The van der Waals surface area contributed by atoms with Gasteiger partial charge in [0, 0.05) is 37.9 Å². The largest absolute Gasteiger partial charge is 0.353 e. The first-order chi connectivity index (χ1) is 14.5. The lowest BCUT2D eigenvalue weighted by molar-refractivity contribution is 0.0750. The number of aromatic nitrogens is 6. The minimum Gasteiger partial charge on any atom is -0.353 e. The maximum absolute atomic E-state index is 12.9. The second-order valence-corrected chi connectivity index (χ2v) is 8.25. The number of carbonyl (C=O) groups is 1. The molecular formula is C20H26N8OS. The lowest BCUT2D eigenvalue weighted by atomic mass is 10.2. The molecule has 1 saturated heterocycles. The highest BCUT2D eigenvalue weighted by Crippen LogP contribution is 2.21. The summed E-state index contributed by atoms with van der Waals surface area (Å²) in [6, 6.07) is 1.99. The first-order valence-electron chi connectivity index (χ1n) is 10.2. The number of imidazole rings is 1. The van der Waals surface area contributed by atoms with E-state index < -0.39 is 0 Å². The number of aryl methyl sites for hydroxylation is 3. The van der Waals surface area contributed by atoms with Gasteiger partial charge < -0.3 is 9.80 Å². The summed E-state index contributed by atoms with van der Waals surface area (Å²) in [5, 5.41) is 4.13. The van der Waals surface area contributed by atoms with Gasteiger partial charge in [0.2, 0.25) is 0 Å². The SMILES string of the molecule is CCCc1nnsc1C(=O)N1CCN(c2cc(-n3cnc(C)c3C)nc(C)n2)CC1. The molecule has 0 atom stereocenters. The molecule has 1 aliphatic rings. The highest BCUT2D eigenvalue weighted by Gasteiger charge is 2.26. The summed E-state index contributed by atoms with van der Waals surface area (Å²) in [4.78, 5) is 31.3. The van der Waals surface area contributed by atoms with E-state index >= 15 is 0 Å². The van der Waals surface area contributed by atoms with Crippen LogP contribution in [0.5, 0.6) is 0 Å². The van der Waals surface area contributed by atoms with Crippen LogP contribution in [0.1, 0.15) is 45.9 Å². The lowest BCUT2D eigenvalue weighted by Gasteiger charge is -2.35. The summed E-state index contributed by atoms with van der Waals surface area (Å²) < 4.78 is 5.97. The van der Waals surface area contributed by atoms with Gasteiger partial charge in [-0.25, -0.2) is 15.0 Å². The highest BCUT2D eigenvalue weighted by atomic mass is 32.1. The number of anilines is 1. The van der Waals surface area contributed by atoms with E-state index in [0.29, 0.717) is 23.8 Å². The summed E-state index contributed by atoms with van der Waals surface area (Å²) in [5.41, 5.74) is 2.87. The van der Waals surface area contributed by atoms with E-state index in [4.69, 9.17) is 0 Å². The Kier molecular flexibility index (Phi) is 5.76. The van der Waals surface area contributed by atoms with Crippen LogP contribution < -0.4 is 4.90 Å². The Bertz CT molecular complexity index is 1050. The number of nitrogens with zero attached hydrogens (tertiary/aromatic N) is 8. The molecule has 0 saturated carbocycles. The molecule has 0 N–H and O–H groups in total. The quantitative estimate of drug-likeness (QED) is 0.618. The molecule has 0 unspecified atom stereocenters. The van der Waals surface area contributed by atoms with Gasteiger partial charge >= 0.3 is 0 Å². The van der Waals surface area contributed by atoms with E-state index in [0.717, 1.165) is 54.6 Å². The molecule has 10 heteroatoms. The van der Waals surface area contributed by atoms with Gasteiger partial charge in [-0.15, -0.1) is 5.10 Å². The van der Waals surface area contributed by atoms with E-state index in [9.17, 15) is 4.79 Å². The molecule has 9 nitrogen and oxygen atoms in total. The van der Waals surface area contributed by atoms with Crippen LogP contribution in [0.15, 0.2) is 12.4 Å². The Balaban J connectivity index is 1.48. The molecular weight excluding hydrogens is 400 g/mol. The van der Waals surface area contributed by atoms with Gasteiger partial charge in [0.25, 0.3) is 5.91 Å². The standard InChI is InChI=1S/C20H26N8OS/c1-5-6-16-19(30-25-24-16)20(29)27-9-7-26(8-10-27)17-11-18(23-15(4)22-17)28-12-21-13(2)14(28)3/h11-12H,5-10H2,1-4H3. The fourth-order valence-electron chi connectivity index (χ4n) is 3.61. The maximum atomic E-state index is 12.9. The second-order valence-electron chi connectivity index (χ2n) is 7.49. The van der Waals surface area contributed by atoms with Crippen LogP contribution in [0, 0.1) is 20.8 Å². The van der Waals surface area contributed by atoms with E-state index in [2.05, 4.69) is 36.4 Å². The van der Waals surface area contributed by atoms with E-state index in [1.54, 1.807) is 6.33 Å². The summed E-state index contributed by atoms with van der Waals surface area (Å²) in [7, 11) is 0. The molecule has 1 amide bonds. The second kappa shape index (κ2) is 8.47. The topological polar surface area (TPSA) is 92.9 Å². The van der Waals surface area contributed by atoms with Gasteiger partial charge in [-0.2, -0.15) is 0 Å². The van der Waals surface area contributed by atoms with Crippen LogP contribution in [0.25, 0.3) is 5.82 Å². The van der Waals surface area contributed by atoms with Crippen molar-refractivity contribution < 1.29 is 4.79 Å².